The number of amides is 1. The molecule has 1 aromatic heterocycles. The van der Waals surface area contributed by atoms with Crippen LogP contribution >= 0.6 is 0 Å². The van der Waals surface area contributed by atoms with Gasteiger partial charge in [0.15, 0.2) is 0 Å². The van der Waals surface area contributed by atoms with Crippen molar-refractivity contribution in [2.45, 2.75) is 31.2 Å². The number of para-hydroxylation sites is 1. The van der Waals surface area contributed by atoms with Gasteiger partial charge in [-0.3, -0.25) is 9.78 Å². The van der Waals surface area contributed by atoms with Crippen molar-refractivity contribution in [3.63, 3.8) is 0 Å². The summed E-state index contributed by atoms with van der Waals surface area (Å²) in [5.74, 6) is 0.560. The maximum atomic E-state index is 13.3. The molecular weight excluding hydrogens is 296 g/mol. The molecule has 0 radical (unpaired) electrons. The Morgan fingerprint density at radius 1 is 0.958 bits per heavy atom. The number of pyridine rings is 1. The molecule has 1 amide bonds. The second kappa shape index (κ2) is 5.17. The lowest BCUT2D eigenvalue weighted by Gasteiger charge is -2.39. The van der Waals surface area contributed by atoms with E-state index in [-0.39, 0.29) is 11.9 Å². The molecule has 3 nitrogen and oxygen atoms in total. The van der Waals surface area contributed by atoms with Crippen LogP contribution in [0.2, 0.25) is 0 Å². The monoisotopic (exact) mass is 314 g/mol. The second-order valence-electron chi connectivity index (χ2n) is 6.72. The van der Waals surface area contributed by atoms with E-state index < -0.39 is 0 Å². The van der Waals surface area contributed by atoms with Crippen LogP contribution in [0.4, 0.5) is 5.69 Å². The predicted octanol–water partition coefficient (Wildman–Crippen LogP) is 4.53. The smallest absolute Gasteiger partial charge is 0.258 e. The number of carbonyl (C=O) groups excluding carboxylic acids is 1. The first-order valence-electron chi connectivity index (χ1n) is 8.61. The van der Waals surface area contributed by atoms with Crippen LogP contribution in [0.1, 0.15) is 41.1 Å². The molecule has 3 aromatic rings. The van der Waals surface area contributed by atoms with Gasteiger partial charge in [-0.25, -0.2) is 0 Å². The molecule has 2 atom stereocenters. The molecule has 1 aliphatic carbocycles. The number of carbonyl (C=O) groups is 1. The molecule has 1 aliphatic heterocycles. The van der Waals surface area contributed by atoms with Gasteiger partial charge in [0.05, 0.1) is 11.2 Å². The summed E-state index contributed by atoms with van der Waals surface area (Å²) in [7, 11) is 0. The van der Waals surface area contributed by atoms with E-state index in [0.717, 1.165) is 35.0 Å². The third kappa shape index (κ3) is 1.84. The summed E-state index contributed by atoms with van der Waals surface area (Å²) < 4.78 is 0. The zero-order valence-corrected chi connectivity index (χ0v) is 13.4. The van der Waals surface area contributed by atoms with Crippen molar-refractivity contribution in [1.29, 1.82) is 0 Å². The molecule has 0 bridgehead atoms. The van der Waals surface area contributed by atoms with Gasteiger partial charge < -0.3 is 4.90 Å². The van der Waals surface area contributed by atoms with Crippen LogP contribution in [-0.4, -0.2) is 16.9 Å². The molecule has 2 aliphatic rings. The van der Waals surface area contributed by atoms with E-state index in [1.54, 1.807) is 6.20 Å². The minimum atomic E-state index is 0.118. The molecule has 24 heavy (non-hydrogen) atoms. The van der Waals surface area contributed by atoms with Gasteiger partial charge in [0.1, 0.15) is 0 Å². The van der Waals surface area contributed by atoms with Crippen LogP contribution in [0, 0.1) is 0 Å². The average molecular weight is 314 g/mol. The van der Waals surface area contributed by atoms with E-state index in [1.807, 2.05) is 35.2 Å². The van der Waals surface area contributed by atoms with E-state index in [0.29, 0.717) is 5.92 Å². The average Bonchev–Trinajstić information content (AvgIpc) is 3.12. The van der Waals surface area contributed by atoms with Crippen molar-refractivity contribution in [3.05, 3.63) is 71.9 Å². The molecule has 0 saturated heterocycles. The first kappa shape index (κ1) is 13.7. The number of hydrogen-bond donors (Lipinski definition) is 0. The van der Waals surface area contributed by atoms with E-state index in [2.05, 4.69) is 29.2 Å². The Hall–Kier alpha value is -2.68. The van der Waals surface area contributed by atoms with Crippen molar-refractivity contribution in [2.75, 3.05) is 4.90 Å². The van der Waals surface area contributed by atoms with Crippen LogP contribution < -0.4 is 4.90 Å². The topological polar surface area (TPSA) is 33.2 Å². The van der Waals surface area contributed by atoms with Gasteiger partial charge in [-0.2, -0.15) is 0 Å². The normalized spacial score (nSPS) is 22.5. The molecule has 3 heteroatoms. The molecule has 1 saturated carbocycles. The van der Waals surface area contributed by atoms with Crippen LogP contribution in [0.3, 0.4) is 0 Å². The van der Waals surface area contributed by atoms with E-state index in [1.165, 1.54) is 12.0 Å². The van der Waals surface area contributed by atoms with Gasteiger partial charge in [0.2, 0.25) is 0 Å². The fraction of sp³-hybridized carbons (Fsp3) is 0.238. The first-order chi connectivity index (χ1) is 11.8. The Morgan fingerprint density at radius 3 is 2.79 bits per heavy atom. The fourth-order valence-corrected chi connectivity index (χ4v) is 4.48. The number of anilines is 1. The molecule has 0 spiro atoms. The van der Waals surface area contributed by atoms with Gasteiger partial charge in [0.25, 0.3) is 5.91 Å². The number of fused-ring (bicyclic) bond motifs is 4. The highest BCUT2D eigenvalue weighted by Gasteiger charge is 2.43. The number of rotatable bonds is 1. The number of nitrogens with zero attached hydrogens (tertiary/aromatic N) is 2. The summed E-state index contributed by atoms with van der Waals surface area (Å²) in [5, 5.41) is 1.08. The highest BCUT2D eigenvalue weighted by atomic mass is 16.2. The Labute approximate surface area is 140 Å². The van der Waals surface area contributed by atoms with Gasteiger partial charge in [-0.1, -0.05) is 42.8 Å². The highest BCUT2D eigenvalue weighted by Crippen LogP contribution is 2.45. The Kier molecular flexibility index (Phi) is 2.96. The van der Waals surface area contributed by atoms with Crippen LogP contribution in [0.15, 0.2) is 60.8 Å². The second-order valence-corrected chi connectivity index (χ2v) is 6.72. The predicted molar refractivity (Wildman–Crippen MR) is 95.4 cm³/mol. The molecular formula is C21H18N2O. The molecule has 0 unspecified atom stereocenters. The standard InChI is InChI=1S/C21H18N2O/c24-21-17-9-2-1-8-15(17)16-10-4-11-18(16)23(21)19-12-3-6-14-7-5-13-22-20(14)19/h1-3,5-9,12-13,16,18H,4,10-11H2/t16-,18-/m1/s1. The van der Waals surface area contributed by atoms with Gasteiger partial charge in [-0.05, 0) is 36.6 Å². The van der Waals surface area contributed by atoms with Crippen molar-refractivity contribution >= 4 is 22.5 Å². The number of hydrogen-bond acceptors (Lipinski definition) is 2. The summed E-state index contributed by atoms with van der Waals surface area (Å²) in [5.41, 5.74) is 3.95. The maximum Gasteiger partial charge on any atom is 0.258 e. The number of aromatic nitrogens is 1. The van der Waals surface area contributed by atoms with Crippen molar-refractivity contribution in [1.82, 2.24) is 4.98 Å². The van der Waals surface area contributed by atoms with Crippen molar-refractivity contribution in [3.8, 4) is 0 Å². The third-order valence-corrected chi connectivity index (χ3v) is 5.49. The first-order valence-corrected chi connectivity index (χ1v) is 8.61. The lowest BCUT2D eigenvalue weighted by atomic mass is 9.84. The van der Waals surface area contributed by atoms with Crippen LogP contribution in [-0.2, 0) is 0 Å². The van der Waals surface area contributed by atoms with Gasteiger partial charge >= 0.3 is 0 Å². The minimum Gasteiger partial charge on any atom is -0.303 e. The van der Waals surface area contributed by atoms with Crippen molar-refractivity contribution in [2.24, 2.45) is 0 Å². The summed E-state index contributed by atoms with van der Waals surface area (Å²) in [6, 6.07) is 18.5. The van der Waals surface area contributed by atoms with Crippen molar-refractivity contribution < 1.29 is 4.79 Å². The Morgan fingerprint density at radius 2 is 1.83 bits per heavy atom. The molecule has 1 fully saturated rings. The Bertz CT molecular complexity index is 944. The largest absolute Gasteiger partial charge is 0.303 e. The summed E-state index contributed by atoms with van der Waals surface area (Å²) >= 11 is 0. The minimum absolute atomic E-state index is 0.118. The van der Waals surface area contributed by atoms with E-state index >= 15 is 0 Å². The van der Waals surface area contributed by atoms with Crippen LogP contribution in [0.5, 0.6) is 0 Å². The quantitative estimate of drug-likeness (QED) is 0.661. The SMILES string of the molecule is O=C1c2ccccc2[C@H]2CCC[C@H]2N1c1cccc2cccnc12. The maximum absolute atomic E-state index is 13.3. The zero-order chi connectivity index (χ0) is 16.1. The highest BCUT2D eigenvalue weighted by molar-refractivity contribution is 6.12. The molecule has 5 rings (SSSR count). The third-order valence-electron chi connectivity index (χ3n) is 5.49. The van der Waals surface area contributed by atoms with Crippen LogP contribution in [0.25, 0.3) is 10.9 Å². The molecule has 2 aromatic carbocycles. The summed E-state index contributed by atoms with van der Waals surface area (Å²) in [4.78, 5) is 19.9. The lowest BCUT2D eigenvalue weighted by Crippen LogP contribution is -2.46. The molecule has 0 N–H and O–H groups in total. The molecule has 2 heterocycles. The fourth-order valence-electron chi connectivity index (χ4n) is 4.48. The van der Waals surface area contributed by atoms with E-state index in [4.69, 9.17) is 0 Å². The Balaban J connectivity index is 1.74. The molecule has 118 valence electrons. The van der Waals surface area contributed by atoms with Gasteiger partial charge in [-0.15, -0.1) is 0 Å². The van der Waals surface area contributed by atoms with Gasteiger partial charge in [0, 0.05) is 29.1 Å². The lowest BCUT2D eigenvalue weighted by molar-refractivity contribution is 0.0964. The zero-order valence-electron chi connectivity index (χ0n) is 13.4. The summed E-state index contributed by atoms with van der Waals surface area (Å²) in [6.07, 6.45) is 5.20. The summed E-state index contributed by atoms with van der Waals surface area (Å²) in [6.45, 7) is 0. The number of benzene rings is 2. The van der Waals surface area contributed by atoms with E-state index in [9.17, 15) is 4.79 Å².